The normalized spacial score (nSPS) is 10.5. The van der Waals surface area contributed by atoms with Crippen molar-refractivity contribution in [2.24, 2.45) is 0 Å². The highest BCUT2D eigenvalue weighted by atomic mass is 35.5. The molecule has 1 aromatic heterocycles. The van der Waals surface area contributed by atoms with Crippen LogP contribution in [0.25, 0.3) is 0 Å². The van der Waals surface area contributed by atoms with Gasteiger partial charge in [-0.1, -0.05) is 11.6 Å². The van der Waals surface area contributed by atoms with Crippen LogP contribution >= 0.6 is 11.6 Å². The Hall–Kier alpha value is -4.06. The minimum Gasteiger partial charge on any atom is -0.471 e. The van der Waals surface area contributed by atoms with Crippen molar-refractivity contribution in [2.75, 3.05) is 5.32 Å². The first kappa shape index (κ1) is 21.6. The predicted molar refractivity (Wildman–Crippen MR) is 107 cm³/mol. The molecule has 0 aliphatic carbocycles. The number of carbonyl (C=O) groups excluding carboxylic acids is 1. The van der Waals surface area contributed by atoms with E-state index in [2.05, 4.69) is 10.4 Å². The molecule has 3 rings (SSSR count). The number of hydrogen-bond donors (Lipinski definition) is 1. The van der Waals surface area contributed by atoms with Gasteiger partial charge in [0.2, 0.25) is 0 Å². The number of carbonyl (C=O) groups is 1. The van der Waals surface area contributed by atoms with E-state index in [1.807, 2.05) is 0 Å². The molecule has 0 unspecified atom stereocenters. The molecule has 0 aliphatic rings. The smallest absolute Gasteiger partial charge is 0.281 e. The second-order valence-electron chi connectivity index (χ2n) is 6.20. The molecule has 1 N–H and O–H groups in total. The van der Waals surface area contributed by atoms with Crippen LogP contribution in [0.4, 0.5) is 21.5 Å². The summed E-state index contributed by atoms with van der Waals surface area (Å²) in [5.74, 6) is -1.05. The van der Waals surface area contributed by atoms with Gasteiger partial charge in [-0.3, -0.25) is 25.0 Å². The highest BCUT2D eigenvalue weighted by Gasteiger charge is 2.24. The molecule has 0 aliphatic heterocycles. The number of rotatable bonds is 7. The number of nitrogens with one attached hydrogen (secondary N) is 1. The molecule has 160 valence electrons. The lowest BCUT2D eigenvalue weighted by Crippen LogP contribution is -2.15. The second kappa shape index (κ2) is 8.75. The number of benzene rings is 2. The van der Waals surface area contributed by atoms with Gasteiger partial charge in [0.15, 0.2) is 12.4 Å². The van der Waals surface area contributed by atoms with E-state index in [0.29, 0.717) is 0 Å². The largest absolute Gasteiger partial charge is 0.471 e. The van der Waals surface area contributed by atoms with Gasteiger partial charge in [0, 0.05) is 24.4 Å². The number of halogens is 2. The lowest BCUT2D eigenvalue weighted by Gasteiger charge is -2.07. The number of nitro groups is 2. The van der Waals surface area contributed by atoms with E-state index in [0.717, 1.165) is 18.2 Å². The van der Waals surface area contributed by atoms with E-state index in [4.69, 9.17) is 16.3 Å². The van der Waals surface area contributed by atoms with Crippen LogP contribution in [-0.4, -0.2) is 25.5 Å². The van der Waals surface area contributed by atoms with E-state index < -0.39 is 32.9 Å². The first-order valence-corrected chi connectivity index (χ1v) is 8.89. The van der Waals surface area contributed by atoms with E-state index in [1.54, 1.807) is 0 Å². The third-order valence-electron chi connectivity index (χ3n) is 4.13. The van der Waals surface area contributed by atoms with Crippen LogP contribution in [0.1, 0.15) is 16.1 Å². The van der Waals surface area contributed by atoms with E-state index >= 15 is 0 Å². The van der Waals surface area contributed by atoms with Crippen molar-refractivity contribution >= 4 is 34.6 Å². The molecular weight excluding hydrogens is 437 g/mol. The zero-order valence-electron chi connectivity index (χ0n) is 15.7. The maximum Gasteiger partial charge on any atom is 0.281 e. The Morgan fingerprint density at radius 3 is 2.42 bits per heavy atom. The summed E-state index contributed by atoms with van der Waals surface area (Å²) in [7, 11) is 0. The third-order valence-corrected chi connectivity index (χ3v) is 4.42. The van der Waals surface area contributed by atoms with Gasteiger partial charge in [-0.05, 0) is 25.1 Å². The molecule has 3 aromatic rings. The number of nitro benzene ring substituents is 2. The van der Waals surface area contributed by atoms with E-state index in [-0.39, 0.29) is 34.4 Å². The third kappa shape index (κ3) is 4.93. The number of hydrogen-bond acceptors (Lipinski definition) is 7. The lowest BCUT2D eigenvalue weighted by molar-refractivity contribution is -0.395. The fraction of sp³-hybridized carbons (Fsp3) is 0.111. The topological polar surface area (TPSA) is 142 Å². The van der Waals surface area contributed by atoms with Crippen LogP contribution in [0.3, 0.4) is 0 Å². The zero-order valence-corrected chi connectivity index (χ0v) is 16.5. The molecule has 31 heavy (non-hydrogen) atoms. The molecule has 11 nitrogen and oxygen atoms in total. The molecule has 0 atom stereocenters. The maximum absolute atomic E-state index is 13.2. The number of ether oxygens (including phenoxy) is 1. The van der Waals surface area contributed by atoms with Crippen molar-refractivity contribution in [3.05, 3.63) is 84.9 Å². The van der Waals surface area contributed by atoms with Gasteiger partial charge >= 0.3 is 0 Å². The summed E-state index contributed by atoms with van der Waals surface area (Å²) in [6.07, 6.45) is 1.43. The Morgan fingerprint density at radius 1 is 1.19 bits per heavy atom. The van der Waals surface area contributed by atoms with Crippen molar-refractivity contribution < 1.29 is 23.8 Å². The van der Waals surface area contributed by atoms with Gasteiger partial charge in [0.05, 0.1) is 20.6 Å². The molecule has 0 bridgehead atoms. The molecule has 0 saturated heterocycles. The van der Waals surface area contributed by atoms with Crippen molar-refractivity contribution in [3.63, 3.8) is 0 Å². The van der Waals surface area contributed by atoms with Crippen molar-refractivity contribution in [3.8, 4) is 5.75 Å². The number of anilines is 1. The number of nitrogens with zero attached hydrogens (tertiary/aromatic N) is 4. The first-order chi connectivity index (χ1) is 14.7. The molecular formula is C18H13ClFN5O6. The first-order valence-electron chi connectivity index (χ1n) is 8.52. The summed E-state index contributed by atoms with van der Waals surface area (Å²) >= 11 is 5.67. The fourth-order valence-electron chi connectivity index (χ4n) is 2.59. The number of amides is 1. The average Bonchev–Trinajstić information content (AvgIpc) is 3.19. The summed E-state index contributed by atoms with van der Waals surface area (Å²) in [4.78, 5) is 33.2. The zero-order chi connectivity index (χ0) is 22.7. The van der Waals surface area contributed by atoms with Gasteiger partial charge in [-0.15, -0.1) is 0 Å². The van der Waals surface area contributed by atoms with Gasteiger partial charge in [0.1, 0.15) is 17.1 Å². The van der Waals surface area contributed by atoms with Crippen LogP contribution in [-0.2, 0) is 6.73 Å². The quantitative estimate of drug-likeness (QED) is 0.422. The average molecular weight is 450 g/mol. The lowest BCUT2D eigenvalue weighted by atomic mass is 10.1. The van der Waals surface area contributed by atoms with Gasteiger partial charge in [-0.25, -0.2) is 9.07 Å². The second-order valence-corrected chi connectivity index (χ2v) is 6.60. The Balaban J connectivity index is 1.73. The SMILES string of the molecule is Cc1c([N+](=O)[O-])cc(NC(=O)c2ccn(COc3ccc(F)c(Cl)c3)n2)cc1[N+](=O)[O-]. The van der Waals surface area contributed by atoms with Crippen molar-refractivity contribution in [1.29, 1.82) is 0 Å². The molecule has 0 spiro atoms. The molecule has 2 aromatic carbocycles. The molecule has 0 saturated carbocycles. The molecule has 0 fully saturated rings. The van der Waals surface area contributed by atoms with Crippen molar-refractivity contribution in [2.45, 2.75) is 13.7 Å². The minimum absolute atomic E-state index is 0.0633. The highest BCUT2D eigenvalue weighted by molar-refractivity contribution is 6.30. The van der Waals surface area contributed by atoms with Crippen LogP contribution in [0.15, 0.2) is 42.6 Å². The van der Waals surface area contributed by atoms with Gasteiger partial charge < -0.3 is 10.1 Å². The number of aromatic nitrogens is 2. The Morgan fingerprint density at radius 2 is 1.84 bits per heavy atom. The van der Waals surface area contributed by atoms with Crippen LogP contribution in [0.5, 0.6) is 5.75 Å². The Labute approximate surface area is 178 Å². The Bertz CT molecular complexity index is 1160. The fourth-order valence-corrected chi connectivity index (χ4v) is 2.76. The van der Waals surface area contributed by atoms with Crippen LogP contribution < -0.4 is 10.1 Å². The standard InChI is InChI=1S/C18H13ClFN5O6/c1-10-16(24(27)28)6-11(7-17(10)25(29)30)21-18(26)15-4-5-23(22-15)9-31-12-2-3-14(20)13(19)8-12/h2-8H,9H2,1H3,(H,21,26). The Kier molecular flexibility index (Phi) is 6.11. The summed E-state index contributed by atoms with van der Waals surface area (Å²) < 4.78 is 19.8. The van der Waals surface area contributed by atoms with Crippen molar-refractivity contribution in [1.82, 2.24) is 9.78 Å². The summed E-state index contributed by atoms with van der Waals surface area (Å²) in [5, 5.41) is 28.5. The van der Waals surface area contributed by atoms with Gasteiger partial charge in [0.25, 0.3) is 17.3 Å². The predicted octanol–water partition coefficient (Wildman–Crippen LogP) is 4.09. The molecule has 1 heterocycles. The summed E-state index contributed by atoms with van der Waals surface area (Å²) in [5.41, 5.74) is -1.31. The molecule has 1 amide bonds. The molecule has 13 heteroatoms. The summed E-state index contributed by atoms with van der Waals surface area (Å²) in [6.45, 7) is 1.13. The minimum atomic E-state index is -0.772. The van der Waals surface area contributed by atoms with E-state index in [9.17, 15) is 29.4 Å². The molecule has 0 radical (unpaired) electrons. The highest BCUT2D eigenvalue weighted by Crippen LogP contribution is 2.31. The monoisotopic (exact) mass is 449 g/mol. The van der Waals surface area contributed by atoms with E-state index in [1.165, 1.54) is 36.0 Å². The van der Waals surface area contributed by atoms with Crippen LogP contribution in [0.2, 0.25) is 5.02 Å². The maximum atomic E-state index is 13.2. The van der Waals surface area contributed by atoms with Crippen LogP contribution in [0, 0.1) is 33.0 Å². The summed E-state index contributed by atoms with van der Waals surface area (Å²) in [6, 6.07) is 7.20. The van der Waals surface area contributed by atoms with Gasteiger partial charge in [-0.2, -0.15) is 5.10 Å².